The van der Waals surface area contributed by atoms with E-state index in [9.17, 15) is 9.59 Å². The number of piperidine rings is 1. The summed E-state index contributed by atoms with van der Waals surface area (Å²) in [6, 6.07) is 9.58. The van der Waals surface area contributed by atoms with Crippen molar-refractivity contribution in [2.75, 3.05) is 13.1 Å². The molecule has 2 unspecified atom stereocenters. The monoisotopic (exact) mass is 348 g/mol. The van der Waals surface area contributed by atoms with Crippen molar-refractivity contribution >= 4 is 29.7 Å². The van der Waals surface area contributed by atoms with Crippen molar-refractivity contribution in [2.24, 2.45) is 10.3 Å². The van der Waals surface area contributed by atoms with E-state index in [0.717, 1.165) is 36.1 Å². The third-order valence-corrected chi connectivity index (χ3v) is 5.29. The highest BCUT2D eigenvalue weighted by molar-refractivity contribution is 7.99. The molecule has 1 aromatic carbocycles. The van der Waals surface area contributed by atoms with E-state index < -0.39 is 11.2 Å². The molecule has 0 radical (unpaired) electrons. The van der Waals surface area contributed by atoms with Gasteiger partial charge in [0.1, 0.15) is 11.9 Å². The van der Waals surface area contributed by atoms with E-state index in [-0.39, 0.29) is 18.6 Å². The molecule has 0 spiro atoms. The fourth-order valence-electron chi connectivity index (χ4n) is 2.99. The molecular weight excluding hydrogens is 328 g/mol. The Morgan fingerprint density at radius 3 is 2.83 bits per heavy atom. The van der Waals surface area contributed by atoms with Gasteiger partial charge in [-0.15, -0.1) is 0 Å². The number of carboxylic acid groups (broad SMARTS) is 1. The lowest BCUT2D eigenvalue weighted by molar-refractivity contribution is -0.136. The summed E-state index contributed by atoms with van der Waals surface area (Å²) in [4.78, 5) is 25.0. The summed E-state index contributed by atoms with van der Waals surface area (Å²) in [6.07, 6.45) is 1.97. The second kappa shape index (κ2) is 7.70. The molecule has 2 atom stereocenters. The van der Waals surface area contributed by atoms with Gasteiger partial charge in [0.2, 0.25) is 0 Å². The van der Waals surface area contributed by atoms with E-state index in [4.69, 9.17) is 9.84 Å². The first-order valence-corrected chi connectivity index (χ1v) is 8.88. The molecule has 2 aliphatic rings. The molecule has 0 aromatic heterocycles. The first-order chi connectivity index (χ1) is 11.6. The van der Waals surface area contributed by atoms with Crippen LogP contribution in [0.25, 0.3) is 0 Å². The van der Waals surface area contributed by atoms with E-state index in [1.165, 1.54) is 0 Å². The third kappa shape index (κ3) is 4.08. The normalized spacial score (nSPS) is 23.7. The number of ether oxygens (including phenoxy) is 1. The molecule has 2 aliphatic heterocycles. The van der Waals surface area contributed by atoms with Gasteiger partial charge in [-0.05, 0) is 30.4 Å². The second-order valence-electron chi connectivity index (χ2n) is 6.04. The topological polar surface area (TPSA) is 79.2 Å². The SMILES string of the molecule is O=C(O)C1CC(C2CCCN(C(=O)OCc3ccccc3)C2)=NS1. The third-order valence-electron chi connectivity index (χ3n) is 4.32. The molecule has 0 bridgehead atoms. The number of carbonyl (C=O) groups excluding carboxylic acids is 1. The molecule has 7 heteroatoms. The fourth-order valence-corrected chi connectivity index (χ4v) is 3.82. The lowest BCUT2D eigenvalue weighted by atomic mass is 9.91. The van der Waals surface area contributed by atoms with Crippen molar-refractivity contribution in [3.63, 3.8) is 0 Å². The van der Waals surface area contributed by atoms with Crippen molar-refractivity contribution in [1.29, 1.82) is 0 Å². The second-order valence-corrected chi connectivity index (χ2v) is 7.01. The summed E-state index contributed by atoms with van der Waals surface area (Å²) in [7, 11) is 0. The molecule has 128 valence electrons. The van der Waals surface area contributed by atoms with Gasteiger partial charge in [0.05, 0.1) is 0 Å². The molecule has 0 saturated carbocycles. The molecule has 1 N–H and O–H groups in total. The molecule has 3 rings (SSSR count). The number of amides is 1. The van der Waals surface area contributed by atoms with Crippen LogP contribution in [0.4, 0.5) is 4.79 Å². The summed E-state index contributed by atoms with van der Waals surface area (Å²) in [6.45, 7) is 1.49. The van der Waals surface area contributed by atoms with Gasteiger partial charge in [-0.1, -0.05) is 30.3 Å². The molecule has 1 amide bonds. The number of rotatable bonds is 4. The zero-order valence-electron chi connectivity index (χ0n) is 13.3. The molecule has 1 aromatic rings. The lowest BCUT2D eigenvalue weighted by Crippen LogP contribution is -2.42. The van der Waals surface area contributed by atoms with Gasteiger partial charge in [0.15, 0.2) is 0 Å². The standard InChI is InChI=1S/C17H20N2O4S/c20-16(21)15-9-14(18-24-15)13-7-4-8-19(10-13)17(22)23-11-12-5-2-1-3-6-12/h1-3,5-6,13,15H,4,7-11H2,(H,20,21). The zero-order valence-corrected chi connectivity index (χ0v) is 14.1. The Labute approximate surface area is 145 Å². The van der Waals surface area contributed by atoms with Crippen LogP contribution in [0.15, 0.2) is 34.7 Å². The summed E-state index contributed by atoms with van der Waals surface area (Å²) in [5.74, 6) is -0.687. The van der Waals surface area contributed by atoms with Gasteiger partial charge in [-0.3, -0.25) is 4.79 Å². The van der Waals surface area contributed by atoms with Gasteiger partial charge < -0.3 is 14.7 Å². The fraction of sp³-hybridized carbons (Fsp3) is 0.471. The van der Waals surface area contributed by atoms with Crippen LogP contribution in [-0.4, -0.2) is 46.1 Å². The van der Waals surface area contributed by atoms with Crippen molar-refractivity contribution in [3.05, 3.63) is 35.9 Å². The lowest BCUT2D eigenvalue weighted by Gasteiger charge is -2.32. The highest BCUT2D eigenvalue weighted by Crippen LogP contribution is 2.31. The molecule has 6 nitrogen and oxygen atoms in total. The van der Waals surface area contributed by atoms with Crippen molar-refractivity contribution < 1.29 is 19.4 Å². The van der Waals surface area contributed by atoms with Crippen LogP contribution in [0.2, 0.25) is 0 Å². The Kier molecular flexibility index (Phi) is 5.40. The first kappa shape index (κ1) is 16.8. The van der Waals surface area contributed by atoms with Crippen LogP contribution in [0, 0.1) is 5.92 Å². The summed E-state index contributed by atoms with van der Waals surface area (Å²) in [5, 5.41) is 8.58. The van der Waals surface area contributed by atoms with Gasteiger partial charge in [0.25, 0.3) is 0 Å². The van der Waals surface area contributed by atoms with E-state index in [1.54, 1.807) is 4.90 Å². The predicted molar refractivity (Wildman–Crippen MR) is 92.0 cm³/mol. The Balaban J connectivity index is 1.52. The maximum atomic E-state index is 12.3. The van der Waals surface area contributed by atoms with E-state index in [1.807, 2.05) is 30.3 Å². The molecule has 0 aliphatic carbocycles. The minimum absolute atomic E-state index is 0.139. The van der Waals surface area contributed by atoms with Gasteiger partial charge in [-0.2, -0.15) is 0 Å². The van der Waals surface area contributed by atoms with Crippen LogP contribution in [0.5, 0.6) is 0 Å². The number of benzene rings is 1. The predicted octanol–water partition coefficient (Wildman–Crippen LogP) is 2.98. The highest BCUT2D eigenvalue weighted by Gasteiger charge is 2.34. The minimum Gasteiger partial charge on any atom is -0.480 e. The Morgan fingerprint density at radius 2 is 2.12 bits per heavy atom. The first-order valence-electron chi connectivity index (χ1n) is 8.04. The molecule has 1 fully saturated rings. The summed E-state index contributed by atoms with van der Waals surface area (Å²) < 4.78 is 9.71. The van der Waals surface area contributed by atoms with Crippen molar-refractivity contribution in [1.82, 2.24) is 4.90 Å². The summed E-state index contributed by atoms with van der Waals surface area (Å²) in [5.41, 5.74) is 1.87. The largest absolute Gasteiger partial charge is 0.480 e. The van der Waals surface area contributed by atoms with Crippen LogP contribution in [-0.2, 0) is 16.1 Å². The van der Waals surface area contributed by atoms with E-state index in [0.29, 0.717) is 19.5 Å². The Hall–Kier alpha value is -2.02. The van der Waals surface area contributed by atoms with Crippen molar-refractivity contribution in [2.45, 2.75) is 31.1 Å². The maximum absolute atomic E-state index is 12.3. The quantitative estimate of drug-likeness (QED) is 0.846. The molecule has 2 heterocycles. The number of carbonyl (C=O) groups is 2. The maximum Gasteiger partial charge on any atom is 0.410 e. The number of likely N-dealkylation sites (tertiary alicyclic amines) is 1. The number of hydrogen-bond acceptors (Lipinski definition) is 5. The highest BCUT2D eigenvalue weighted by atomic mass is 32.2. The van der Waals surface area contributed by atoms with Gasteiger partial charge in [0, 0.05) is 31.1 Å². The molecular formula is C17H20N2O4S. The van der Waals surface area contributed by atoms with Gasteiger partial charge >= 0.3 is 12.1 Å². The molecule has 1 saturated heterocycles. The van der Waals surface area contributed by atoms with Gasteiger partial charge in [-0.25, -0.2) is 9.19 Å². The van der Waals surface area contributed by atoms with E-state index in [2.05, 4.69) is 4.40 Å². The Morgan fingerprint density at radius 1 is 1.33 bits per heavy atom. The molecule has 24 heavy (non-hydrogen) atoms. The smallest absolute Gasteiger partial charge is 0.410 e. The van der Waals surface area contributed by atoms with Crippen LogP contribution < -0.4 is 0 Å². The number of hydrogen-bond donors (Lipinski definition) is 1. The summed E-state index contributed by atoms with van der Waals surface area (Å²) >= 11 is 1.12. The van der Waals surface area contributed by atoms with Crippen LogP contribution >= 0.6 is 11.9 Å². The number of nitrogens with zero attached hydrogens (tertiary/aromatic N) is 2. The average Bonchev–Trinajstić information content (AvgIpc) is 3.11. The average molecular weight is 348 g/mol. The van der Waals surface area contributed by atoms with Crippen LogP contribution in [0.3, 0.4) is 0 Å². The number of carboxylic acids is 1. The van der Waals surface area contributed by atoms with E-state index >= 15 is 0 Å². The number of aliphatic carboxylic acids is 1. The van der Waals surface area contributed by atoms with Crippen LogP contribution in [0.1, 0.15) is 24.8 Å². The zero-order chi connectivity index (χ0) is 16.9. The minimum atomic E-state index is -0.825. The van der Waals surface area contributed by atoms with Crippen molar-refractivity contribution in [3.8, 4) is 0 Å². The Bertz CT molecular complexity index is 635.